The Bertz CT molecular complexity index is 683. The first-order chi connectivity index (χ1) is 11.7. The van der Waals surface area contributed by atoms with Crippen molar-refractivity contribution in [1.29, 1.82) is 0 Å². The highest BCUT2D eigenvalue weighted by Crippen LogP contribution is 2.37. The number of ketones is 1. The van der Waals surface area contributed by atoms with Crippen LogP contribution in [0.15, 0.2) is 46.9 Å². The summed E-state index contributed by atoms with van der Waals surface area (Å²) in [6.07, 6.45) is 0. The van der Waals surface area contributed by atoms with Crippen LogP contribution in [-0.2, 0) is 22.4 Å². The average molecular weight is 361 g/mol. The van der Waals surface area contributed by atoms with E-state index in [1.807, 2.05) is 30.3 Å². The Hall–Kier alpha value is -1.69. The second-order valence-corrected chi connectivity index (χ2v) is 12.5. The van der Waals surface area contributed by atoms with Gasteiger partial charge in [0.15, 0.2) is 14.1 Å². The van der Waals surface area contributed by atoms with Crippen LogP contribution in [0.5, 0.6) is 0 Å². The molecule has 0 radical (unpaired) electrons. The molecule has 0 amide bonds. The van der Waals surface area contributed by atoms with E-state index < -0.39 is 8.32 Å². The summed E-state index contributed by atoms with van der Waals surface area (Å²) in [6, 6.07) is 13.3. The predicted octanol–water partition coefficient (Wildman–Crippen LogP) is 5.20. The molecule has 1 aromatic heterocycles. The fraction of sp³-hybridized carbons (Fsp3) is 0.450. The molecule has 0 unspecified atom stereocenters. The first kappa shape index (κ1) is 19.6. The Kier molecular flexibility index (Phi) is 6.38. The highest BCUT2D eigenvalue weighted by Gasteiger charge is 2.37. The number of rotatable bonds is 8. The van der Waals surface area contributed by atoms with Crippen LogP contribution in [0.3, 0.4) is 0 Å². The molecule has 0 aliphatic heterocycles. The topological polar surface area (TPSA) is 48.7 Å². The lowest BCUT2D eigenvalue weighted by Crippen LogP contribution is -2.40. The third-order valence-corrected chi connectivity index (χ3v) is 9.14. The number of benzene rings is 1. The second-order valence-electron chi connectivity index (χ2n) is 7.72. The summed E-state index contributed by atoms with van der Waals surface area (Å²) in [5, 5.41) is 0.142. The van der Waals surface area contributed by atoms with E-state index in [-0.39, 0.29) is 17.4 Å². The molecule has 136 valence electrons. The van der Waals surface area contributed by atoms with Gasteiger partial charge in [0.1, 0.15) is 12.4 Å². The number of carbonyl (C=O) groups is 1. The van der Waals surface area contributed by atoms with E-state index >= 15 is 0 Å². The molecule has 0 atom stereocenters. The molecule has 0 aliphatic rings. The van der Waals surface area contributed by atoms with Gasteiger partial charge in [0.25, 0.3) is 0 Å². The van der Waals surface area contributed by atoms with Crippen LogP contribution < -0.4 is 0 Å². The Morgan fingerprint density at radius 3 is 2.36 bits per heavy atom. The summed E-state index contributed by atoms with van der Waals surface area (Å²) in [4.78, 5) is 12.2. The van der Waals surface area contributed by atoms with E-state index in [1.165, 1.54) is 0 Å². The summed E-state index contributed by atoms with van der Waals surface area (Å²) in [6.45, 7) is 11.8. The van der Waals surface area contributed by atoms with Crippen molar-refractivity contribution in [2.45, 2.75) is 52.1 Å². The van der Waals surface area contributed by atoms with Gasteiger partial charge in [-0.15, -0.1) is 0 Å². The maximum Gasteiger partial charge on any atom is 0.223 e. The van der Waals surface area contributed by atoms with Gasteiger partial charge in [-0.2, -0.15) is 0 Å². The lowest BCUT2D eigenvalue weighted by molar-refractivity contribution is 0.0696. The maximum absolute atomic E-state index is 12.2. The summed E-state index contributed by atoms with van der Waals surface area (Å²) < 4.78 is 17.2. The third-order valence-electron chi connectivity index (χ3n) is 4.66. The fourth-order valence-electron chi connectivity index (χ4n) is 1.98. The van der Waals surface area contributed by atoms with Crippen LogP contribution >= 0.6 is 0 Å². The smallest absolute Gasteiger partial charge is 0.223 e. The van der Waals surface area contributed by atoms with Gasteiger partial charge < -0.3 is 13.6 Å². The van der Waals surface area contributed by atoms with E-state index in [0.29, 0.717) is 24.7 Å². The largest absolute Gasteiger partial charge is 0.455 e. The Morgan fingerprint density at radius 2 is 1.72 bits per heavy atom. The first-order valence-corrected chi connectivity index (χ1v) is 11.5. The molecule has 1 aromatic carbocycles. The van der Waals surface area contributed by atoms with E-state index in [1.54, 1.807) is 12.1 Å². The summed E-state index contributed by atoms with van der Waals surface area (Å²) in [5.41, 5.74) is 1.04. The molecule has 0 saturated heterocycles. The predicted molar refractivity (Wildman–Crippen MR) is 101 cm³/mol. The molecular formula is C20H28O4Si. The Balaban J connectivity index is 1.83. The number of carbonyl (C=O) groups excluding carboxylic acids is 1. The van der Waals surface area contributed by atoms with E-state index in [0.717, 1.165) is 5.56 Å². The minimum absolute atomic E-state index is 0.00490. The summed E-state index contributed by atoms with van der Waals surface area (Å²) >= 11 is 0. The maximum atomic E-state index is 12.2. The summed E-state index contributed by atoms with van der Waals surface area (Å²) in [7, 11) is -1.83. The fourth-order valence-corrected chi connectivity index (χ4v) is 2.92. The molecule has 0 spiro atoms. The minimum atomic E-state index is -1.83. The normalized spacial score (nSPS) is 12.4. The molecule has 2 rings (SSSR count). The summed E-state index contributed by atoms with van der Waals surface area (Å²) in [5.74, 6) is 0.840. The molecule has 4 nitrogen and oxygen atoms in total. The molecule has 25 heavy (non-hydrogen) atoms. The van der Waals surface area contributed by atoms with Crippen LogP contribution in [0, 0.1) is 0 Å². The van der Waals surface area contributed by atoms with Gasteiger partial charge in [-0.25, -0.2) is 0 Å². The molecule has 0 aliphatic carbocycles. The van der Waals surface area contributed by atoms with Gasteiger partial charge >= 0.3 is 0 Å². The number of ether oxygens (including phenoxy) is 1. The van der Waals surface area contributed by atoms with Crippen molar-refractivity contribution in [2.75, 3.05) is 6.61 Å². The first-order valence-electron chi connectivity index (χ1n) is 8.56. The standard InChI is InChI=1S/C20H28O4Si/c1-20(2,3)25(4,5)23-14-17-11-12-19(24-17)18(21)15-22-13-16-9-7-6-8-10-16/h6-12H,13-15H2,1-5H3. The highest BCUT2D eigenvalue weighted by molar-refractivity contribution is 6.74. The molecule has 2 aromatic rings. The quantitative estimate of drug-likeness (QED) is 0.479. The number of furan rings is 1. The van der Waals surface area contributed by atoms with Crippen molar-refractivity contribution >= 4 is 14.1 Å². The van der Waals surface area contributed by atoms with Gasteiger partial charge in [-0.3, -0.25) is 4.79 Å². The Morgan fingerprint density at radius 1 is 1.04 bits per heavy atom. The van der Waals surface area contributed by atoms with Crippen LogP contribution in [0.1, 0.15) is 42.6 Å². The number of hydrogen-bond acceptors (Lipinski definition) is 4. The molecule has 0 bridgehead atoms. The zero-order chi connectivity index (χ0) is 18.5. The van der Waals surface area contributed by atoms with Gasteiger partial charge in [0, 0.05) is 0 Å². The van der Waals surface area contributed by atoms with Crippen molar-refractivity contribution in [3.63, 3.8) is 0 Å². The molecule has 5 heteroatoms. The van der Waals surface area contributed by atoms with Gasteiger partial charge in [0.05, 0.1) is 13.2 Å². The lowest BCUT2D eigenvalue weighted by atomic mass is 10.2. The van der Waals surface area contributed by atoms with Crippen molar-refractivity contribution in [3.8, 4) is 0 Å². The van der Waals surface area contributed by atoms with Crippen molar-refractivity contribution < 1.29 is 18.4 Å². The number of Topliss-reactive ketones (excluding diaryl/α,β-unsaturated/α-hetero) is 1. The van der Waals surface area contributed by atoms with Crippen molar-refractivity contribution in [2.24, 2.45) is 0 Å². The Labute approximate surface area is 151 Å². The van der Waals surface area contributed by atoms with Crippen LogP contribution in [0.4, 0.5) is 0 Å². The SMILES string of the molecule is CC(C)(C)[Si](C)(C)OCc1ccc(C(=O)COCc2ccccc2)o1. The van der Waals surface area contributed by atoms with E-state index in [9.17, 15) is 4.79 Å². The average Bonchev–Trinajstić information content (AvgIpc) is 3.02. The zero-order valence-corrected chi connectivity index (χ0v) is 16.8. The minimum Gasteiger partial charge on any atom is -0.455 e. The van der Waals surface area contributed by atoms with Crippen LogP contribution in [0.25, 0.3) is 0 Å². The van der Waals surface area contributed by atoms with E-state index in [4.69, 9.17) is 13.6 Å². The zero-order valence-electron chi connectivity index (χ0n) is 15.8. The van der Waals surface area contributed by atoms with Gasteiger partial charge in [-0.05, 0) is 35.8 Å². The molecular weight excluding hydrogens is 332 g/mol. The van der Waals surface area contributed by atoms with Crippen molar-refractivity contribution in [3.05, 3.63) is 59.5 Å². The molecule has 0 N–H and O–H groups in total. The molecule has 1 heterocycles. The monoisotopic (exact) mass is 360 g/mol. The van der Waals surface area contributed by atoms with Crippen molar-refractivity contribution in [1.82, 2.24) is 0 Å². The lowest BCUT2D eigenvalue weighted by Gasteiger charge is -2.35. The van der Waals surface area contributed by atoms with Gasteiger partial charge in [0.2, 0.25) is 5.78 Å². The highest BCUT2D eigenvalue weighted by atomic mass is 28.4. The molecule has 0 fully saturated rings. The van der Waals surface area contributed by atoms with E-state index in [2.05, 4.69) is 33.9 Å². The van der Waals surface area contributed by atoms with Crippen LogP contribution in [0.2, 0.25) is 18.1 Å². The molecule has 0 saturated carbocycles. The van der Waals surface area contributed by atoms with Gasteiger partial charge in [-0.1, -0.05) is 51.1 Å². The van der Waals surface area contributed by atoms with Crippen LogP contribution in [-0.4, -0.2) is 20.7 Å². The number of hydrogen-bond donors (Lipinski definition) is 0. The third kappa shape index (κ3) is 5.66. The second kappa shape index (κ2) is 8.12.